The molecule has 20 heavy (non-hydrogen) atoms. The third-order valence-corrected chi connectivity index (χ3v) is 3.18. The highest BCUT2D eigenvalue weighted by Gasteiger charge is 2.39. The van der Waals surface area contributed by atoms with E-state index >= 15 is 0 Å². The lowest BCUT2D eigenvalue weighted by Crippen LogP contribution is -2.29. The second-order valence-corrected chi connectivity index (χ2v) is 4.25. The Kier molecular flexibility index (Phi) is 3.63. The molecular formula is C13H7ClN2O4. The summed E-state index contributed by atoms with van der Waals surface area (Å²) in [6, 6.07) is 4.48. The number of esters is 1. The summed E-state index contributed by atoms with van der Waals surface area (Å²) >= 11 is 5.84. The number of carbonyl (C=O) groups is 3. The van der Waals surface area contributed by atoms with E-state index in [0.717, 1.165) is 7.11 Å². The molecule has 0 fully saturated rings. The van der Waals surface area contributed by atoms with Gasteiger partial charge in [0.15, 0.2) is 11.7 Å². The van der Waals surface area contributed by atoms with E-state index in [1.165, 1.54) is 18.3 Å². The summed E-state index contributed by atoms with van der Waals surface area (Å²) in [5, 5.41) is 8.55. The number of pyridine rings is 1. The lowest BCUT2D eigenvalue weighted by atomic mass is 9.86. The molecule has 0 radical (unpaired) electrons. The van der Waals surface area contributed by atoms with Crippen molar-refractivity contribution in [3.05, 3.63) is 40.2 Å². The van der Waals surface area contributed by atoms with E-state index in [1.54, 1.807) is 6.07 Å². The molecule has 1 aliphatic rings. The lowest BCUT2D eigenvalue weighted by Gasteiger charge is -2.18. The number of ketones is 2. The number of allylic oxidation sites excluding steroid dienone is 1. The third-order valence-electron chi connectivity index (χ3n) is 2.80. The van der Waals surface area contributed by atoms with Gasteiger partial charge in [-0.15, -0.1) is 0 Å². The van der Waals surface area contributed by atoms with Gasteiger partial charge in [0.25, 0.3) is 0 Å². The SMILES string of the molecule is COC(=O)C(C#N)C1=C(Cl)C(=O)c2ncccc2C1=O. The lowest BCUT2D eigenvalue weighted by molar-refractivity contribution is -0.142. The maximum atomic E-state index is 12.3. The van der Waals surface area contributed by atoms with Crippen molar-refractivity contribution in [2.75, 3.05) is 7.11 Å². The summed E-state index contributed by atoms with van der Waals surface area (Å²) in [7, 11) is 1.08. The maximum absolute atomic E-state index is 12.3. The monoisotopic (exact) mass is 290 g/mol. The van der Waals surface area contributed by atoms with Gasteiger partial charge in [-0.05, 0) is 12.1 Å². The van der Waals surface area contributed by atoms with Gasteiger partial charge in [-0.2, -0.15) is 5.26 Å². The predicted octanol–water partition coefficient (Wildman–Crippen LogP) is 1.27. The molecule has 0 N–H and O–H groups in total. The molecule has 1 aromatic heterocycles. The van der Waals surface area contributed by atoms with E-state index in [2.05, 4.69) is 9.72 Å². The predicted molar refractivity (Wildman–Crippen MR) is 66.9 cm³/mol. The van der Waals surface area contributed by atoms with Crippen LogP contribution in [-0.4, -0.2) is 29.6 Å². The highest BCUT2D eigenvalue weighted by atomic mass is 35.5. The number of rotatable bonds is 2. The summed E-state index contributed by atoms with van der Waals surface area (Å²) in [6.45, 7) is 0. The van der Waals surface area contributed by atoms with Crippen LogP contribution in [0.2, 0.25) is 0 Å². The fraction of sp³-hybridized carbons (Fsp3) is 0.154. The van der Waals surface area contributed by atoms with Crippen LogP contribution in [0.25, 0.3) is 0 Å². The first-order valence-electron chi connectivity index (χ1n) is 5.44. The largest absolute Gasteiger partial charge is 0.468 e. The molecule has 0 aromatic carbocycles. The van der Waals surface area contributed by atoms with Gasteiger partial charge in [0.2, 0.25) is 5.78 Å². The molecule has 6 nitrogen and oxygen atoms in total. The molecule has 100 valence electrons. The summed E-state index contributed by atoms with van der Waals surface area (Å²) in [5.41, 5.74) is -0.444. The molecule has 0 bridgehead atoms. The van der Waals surface area contributed by atoms with E-state index in [-0.39, 0.29) is 16.8 Å². The molecule has 0 amide bonds. The number of ether oxygens (including phenoxy) is 1. The first kappa shape index (κ1) is 13.9. The number of aromatic nitrogens is 1. The van der Waals surface area contributed by atoms with Crippen molar-refractivity contribution < 1.29 is 19.1 Å². The molecule has 1 aromatic rings. The Bertz CT molecular complexity index is 703. The summed E-state index contributed by atoms with van der Waals surface area (Å²) < 4.78 is 4.44. The molecule has 0 saturated carbocycles. The maximum Gasteiger partial charge on any atom is 0.327 e. The Morgan fingerprint density at radius 3 is 2.75 bits per heavy atom. The van der Waals surface area contributed by atoms with Crippen LogP contribution in [0, 0.1) is 17.2 Å². The smallest absolute Gasteiger partial charge is 0.327 e. The van der Waals surface area contributed by atoms with Crippen LogP contribution in [0.1, 0.15) is 20.8 Å². The molecule has 0 spiro atoms. The first-order chi connectivity index (χ1) is 9.52. The molecule has 1 unspecified atom stereocenters. The number of hydrogen-bond donors (Lipinski definition) is 0. The van der Waals surface area contributed by atoms with Crippen LogP contribution in [0.4, 0.5) is 0 Å². The summed E-state index contributed by atoms with van der Waals surface area (Å²) in [5.74, 6) is -3.86. The molecular weight excluding hydrogens is 284 g/mol. The van der Waals surface area contributed by atoms with Gasteiger partial charge in [-0.3, -0.25) is 19.4 Å². The molecule has 0 aliphatic heterocycles. The average molecular weight is 291 g/mol. The molecule has 7 heteroatoms. The number of methoxy groups -OCH3 is 1. The number of fused-ring (bicyclic) bond motifs is 1. The van der Waals surface area contributed by atoms with Gasteiger partial charge in [-0.25, -0.2) is 0 Å². The quantitative estimate of drug-likeness (QED) is 0.761. The van der Waals surface area contributed by atoms with E-state index in [1.807, 2.05) is 0 Å². The number of nitriles is 1. The van der Waals surface area contributed by atoms with Crippen LogP contribution < -0.4 is 0 Å². The zero-order valence-corrected chi connectivity index (χ0v) is 11.0. The van der Waals surface area contributed by atoms with Gasteiger partial charge in [-0.1, -0.05) is 11.6 Å². The van der Waals surface area contributed by atoms with Gasteiger partial charge in [0, 0.05) is 6.20 Å². The van der Waals surface area contributed by atoms with E-state index in [9.17, 15) is 14.4 Å². The van der Waals surface area contributed by atoms with Gasteiger partial charge in [0.05, 0.1) is 29.3 Å². The zero-order chi connectivity index (χ0) is 14.9. The minimum absolute atomic E-state index is 0.0149. The van der Waals surface area contributed by atoms with E-state index in [0.29, 0.717) is 0 Å². The third kappa shape index (κ3) is 1.98. The van der Waals surface area contributed by atoms with Crippen molar-refractivity contribution >= 4 is 29.1 Å². The summed E-state index contributed by atoms with van der Waals surface area (Å²) in [6.07, 6.45) is 1.35. The number of nitrogens with zero attached hydrogens (tertiary/aromatic N) is 2. The average Bonchev–Trinajstić information content (AvgIpc) is 2.48. The van der Waals surface area contributed by atoms with Crippen molar-refractivity contribution in [3.8, 4) is 6.07 Å². The first-order valence-corrected chi connectivity index (χ1v) is 5.82. The van der Waals surface area contributed by atoms with Crippen LogP contribution >= 0.6 is 11.6 Å². The van der Waals surface area contributed by atoms with Crippen molar-refractivity contribution in [2.45, 2.75) is 0 Å². The second-order valence-electron chi connectivity index (χ2n) is 3.87. The van der Waals surface area contributed by atoms with Crippen LogP contribution in [0.5, 0.6) is 0 Å². The molecule has 1 aliphatic carbocycles. The fourth-order valence-electron chi connectivity index (χ4n) is 1.85. The van der Waals surface area contributed by atoms with Gasteiger partial charge >= 0.3 is 5.97 Å². The van der Waals surface area contributed by atoms with Gasteiger partial charge in [0.1, 0.15) is 5.69 Å². The Hall–Kier alpha value is -2.52. The Balaban J connectivity index is 2.63. The Labute approximate surface area is 118 Å². The normalized spacial score (nSPS) is 15.4. The minimum atomic E-state index is -1.54. The number of carbonyl (C=O) groups excluding carboxylic acids is 3. The Morgan fingerprint density at radius 2 is 2.15 bits per heavy atom. The second kappa shape index (κ2) is 5.23. The highest BCUT2D eigenvalue weighted by Crippen LogP contribution is 2.31. The summed E-state index contributed by atoms with van der Waals surface area (Å²) in [4.78, 5) is 39.7. The molecule has 1 heterocycles. The van der Waals surface area contributed by atoms with Crippen LogP contribution in [-0.2, 0) is 9.53 Å². The fourth-order valence-corrected chi connectivity index (χ4v) is 2.14. The number of Topliss-reactive ketones (excluding diaryl/α,β-unsaturated/α-hetero) is 2. The standard InChI is InChI=1S/C13H7ClN2O4/c1-20-13(19)7(5-15)8-9(14)12(18)10-6(11(8)17)3-2-4-16-10/h2-4,7H,1H3. The Morgan fingerprint density at radius 1 is 1.45 bits per heavy atom. The molecule has 0 saturated heterocycles. The number of halogens is 1. The van der Waals surface area contributed by atoms with E-state index in [4.69, 9.17) is 16.9 Å². The number of hydrogen-bond acceptors (Lipinski definition) is 6. The molecule has 1 atom stereocenters. The van der Waals surface area contributed by atoms with Crippen molar-refractivity contribution in [1.29, 1.82) is 5.26 Å². The van der Waals surface area contributed by atoms with Crippen molar-refractivity contribution in [3.63, 3.8) is 0 Å². The zero-order valence-electron chi connectivity index (χ0n) is 10.2. The van der Waals surface area contributed by atoms with Crippen LogP contribution in [0.15, 0.2) is 28.9 Å². The topological polar surface area (TPSA) is 97.1 Å². The highest BCUT2D eigenvalue weighted by molar-refractivity contribution is 6.50. The van der Waals surface area contributed by atoms with Crippen molar-refractivity contribution in [2.24, 2.45) is 5.92 Å². The van der Waals surface area contributed by atoms with Gasteiger partial charge < -0.3 is 4.74 Å². The van der Waals surface area contributed by atoms with Crippen LogP contribution in [0.3, 0.4) is 0 Å². The van der Waals surface area contributed by atoms with Crippen molar-refractivity contribution in [1.82, 2.24) is 4.98 Å². The van der Waals surface area contributed by atoms with E-state index < -0.39 is 28.5 Å². The minimum Gasteiger partial charge on any atom is -0.468 e. The molecule has 2 rings (SSSR count).